The summed E-state index contributed by atoms with van der Waals surface area (Å²) in [7, 11) is 0. The van der Waals surface area contributed by atoms with E-state index in [1.54, 1.807) is 0 Å². The highest BCUT2D eigenvalue weighted by atomic mass is 35.5. The maximum atomic E-state index is 6.16. The maximum absolute atomic E-state index is 6.16. The number of fused-ring (bicyclic) bond motifs is 1. The second kappa shape index (κ2) is 6.60. The van der Waals surface area contributed by atoms with Gasteiger partial charge < -0.3 is 0 Å². The molecule has 1 aromatic carbocycles. The van der Waals surface area contributed by atoms with Crippen molar-refractivity contribution in [3.8, 4) is 0 Å². The van der Waals surface area contributed by atoms with Crippen molar-refractivity contribution >= 4 is 33.0 Å². The molecule has 1 aliphatic heterocycles. The predicted octanol–water partition coefficient (Wildman–Crippen LogP) is 5.33. The molecule has 0 N–H and O–H groups in total. The first-order valence-corrected chi connectivity index (χ1v) is 9.34. The van der Waals surface area contributed by atoms with Crippen molar-refractivity contribution in [3.05, 3.63) is 64.3 Å². The van der Waals surface area contributed by atoms with Crippen molar-refractivity contribution in [1.29, 1.82) is 0 Å². The van der Waals surface area contributed by atoms with Crippen LogP contribution in [0.4, 0.5) is 0 Å². The Labute approximate surface area is 145 Å². The summed E-state index contributed by atoms with van der Waals surface area (Å²) in [6.45, 7) is 3.30. The molecule has 0 unspecified atom stereocenters. The molecule has 23 heavy (non-hydrogen) atoms. The Balaban J connectivity index is 1.44. The van der Waals surface area contributed by atoms with Gasteiger partial charge in [0.25, 0.3) is 0 Å². The maximum Gasteiger partial charge on any atom is 0.0435 e. The highest BCUT2D eigenvalue weighted by Gasteiger charge is 2.22. The molecule has 1 saturated heterocycles. The van der Waals surface area contributed by atoms with E-state index in [2.05, 4.69) is 39.5 Å². The lowest BCUT2D eigenvalue weighted by atomic mass is 9.93. The number of hydrogen-bond acceptors (Lipinski definition) is 3. The number of aromatic nitrogens is 1. The van der Waals surface area contributed by atoms with Gasteiger partial charge in [-0.15, -0.1) is 11.3 Å². The third-order valence-corrected chi connectivity index (χ3v) is 5.95. The summed E-state index contributed by atoms with van der Waals surface area (Å²) in [6, 6.07) is 12.4. The minimum Gasteiger partial charge on any atom is -0.299 e. The summed E-state index contributed by atoms with van der Waals surface area (Å²) in [4.78, 5) is 7.08. The average Bonchev–Trinajstić information content (AvgIpc) is 2.98. The Morgan fingerprint density at radius 3 is 2.83 bits per heavy atom. The number of piperidine rings is 1. The zero-order chi connectivity index (χ0) is 15.6. The fraction of sp³-hybridized carbons (Fsp3) is 0.316. The van der Waals surface area contributed by atoms with Crippen molar-refractivity contribution < 1.29 is 0 Å². The molecule has 3 aromatic rings. The molecule has 1 aliphatic rings. The summed E-state index contributed by atoms with van der Waals surface area (Å²) in [5, 5.41) is 4.42. The minimum absolute atomic E-state index is 0.612. The molecule has 0 bridgehead atoms. The van der Waals surface area contributed by atoms with Gasteiger partial charge in [-0.05, 0) is 72.6 Å². The second-order valence-corrected chi connectivity index (χ2v) is 7.55. The molecular weight excluding hydrogens is 324 g/mol. The molecule has 4 rings (SSSR count). The first-order valence-electron chi connectivity index (χ1n) is 8.08. The van der Waals surface area contributed by atoms with Crippen LogP contribution in [0.2, 0.25) is 5.02 Å². The van der Waals surface area contributed by atoms with Crippen molar-refractivity contribution in [2.75, 3.05) is 13.1 Å². The molecule has 0 amide bonds. The monoisotopic (exact) mass is 342 g/mol. The van der Waals surface area contributed by atoms with Crippen molar-refractivity contribution in [1.82, 2.24) is 9.88 Å². The first-order chi connectivity index (χ1) is 11.3. The lowest BCUT2D eigenvalue weighted by Crippen LogP contribution is -2.32. The van der Waals surface area contributed by atoms with Gasteiger partial charge in [-0.1, -0.05) is 17.7 Å². The molecule has 3 heterocycles. The van der Waals surface area contributed by atoms with Gasteiger partial charge in [-0.2, -0.15) is 0 Å². The zero-order valence-corrected chi connectivity index (χ0v) is 14.5. The van der Waals surface area contributed by atoms with Crippen LogP contribution in [0.15, 0.2) is 48.0 Å². The van der Waals surface area contributed by atoms with E-state index in [9.17, 15) is 0 Å². The molecule has 2 aromatic heterocycles. The van der Waals surface area contributed by atoms with Crippen LogP contribution in [0.1, 0.15) is 30.0 Å². The molecule has 0 spiro atoms. The Morgan fingerprint density at radius 2 is 2.04 bits per heavy atom. The highest BCUT2D eigenvalue weighted by Crippen LogP contribution is 2.32. The third-order valence-electron chi connectivity index (χ3n) is 4.70. The zero-order valence-electron chi connectivity index (χ0n) is 12.9. The Hall–Kier alpha value is -1.42. The van der Waals surface area contributed by atoms with E-state index in [1.165, 1.54) is 34.2 Å². The summed E-state index contributed by atoms with van der Waals surface area (Å²) >= 11 is 7.97. The van der Waals surface area contributed by atoms with Gasteiger partial charge in [-0.25, -0.2) is 0 Å². The Kier molecular flexibility index (Phi) is 4.34. The second-order valence-electron chi connectivity index (χ2n) is 6.21. The quantitative estimate of drug-likeness (QED) is 0.639. The van der Waals surface area contributed by atoms with Crippen molar-refractivity contribution in [2.45, 2.75) is 25.3 Å². The van der Waals surface area contributed by atoms with Crippen molar-refractivity contribution in [3.63, 3.8) is 0 Å². The molecule has 0 atom stereocenters. The number of halogens is 1. The molecule has 1 fully saturated rings. The Morgan fingerprint density at radius 1 is 1.17 bits per heavy atom. The largest absolute Gasteiger partial charge is 0.299 e. The number of hydrogen-bond donors (Lipinski definition) is 0. The van der Waals surface area contributed by atoms with Crippen LogP contribution in [0.25, 0.3) is 10.1 Å². The fourth-order valence-corrected chi connectivity index (χ4v) is 4.53. The first kappa shape index (κ1) is 15.1. The van der Waals surface area contributed by atoms with Gasteiger partial charge in [0.15, 0.2) is 0 Å². The molecule has 118 valence electrons. The van der Waals surface area contributed by atoms with Gasteiger partial charge >= 0.3 is 0 Å². The van der Waals surface area contributed by atoms with Gasteiger partial charge in [0, 0.05) is 34.1 Å². The number of benzene rings is 1. The summed E-state index contributed by atoms with van der Waals surface area (Å²) in [5.41, 5.74) is 2.66. The van der Waals surface area contributed by atoms with Crippen LogP contribution < -0.4 is 0 Å². The predicted molar refractivity (Wildman–Crippen MR) is 98.3 cm³/mol. The molecule has 0 radical (unpaired) electrons. The lowest BCUT2D eigenvalue weighted by molar-refractivity contribution is 0.204. The minimum atomic E-state index is 0.612. The smallest absolute Gasteiger partial charge is 0.0435 e. The summed E-state index contributed by atoms with van der Waals surface area (Å²) < 4.78 is 1.33. The van der Waals surface area contributed by atoms with E-state index in [1.807, 2.05) is 29.7 Å². The number of likely N-dealkylation sites (tertiary alicyclic amines) is 1. The highest BCUT2D eigenvalue weighted by molar-refractivity contribution is 7.17. The van der Waals surface area contributed by atoms with Crippen LogP contribution in [-0.2, 0) is 6.54 Å². The fourth-order valence-electron chi connectivity index (χ4n) is 3.42. The Bertz CT molecular complexity index is 791. The van der Waals surface area contributed by atoms with Gasteiger partial charge in [0.1, 0.15) is 0 Å². The van der Waals surface area contributed by atoms with E-state index < -0.39 is 0 Å². The van der Waals surface area contributed by atoms with Gasteiger partial charge in [0.2, 0.25) is 0 Å². The van der Waals surface area contributed by atoms with E-state index in [0.717, 1.165) is 24.7 Å². The number of thiophene rings is 1. The lowest BCUT2D eigenvalue weighted by Gasteiger charge is -2.31. The summed E-state index contributed by atoms with van der Waals surface area (Å²) in [6.07, 6.45) is 4.29. The van der Waals surface area contributed by atoms with Crippen molar-refractivity contribution in [2.24, 2.45) is 0 Å². The van der Waals surface area contributed by atoms with E-state index in [-0.39, 0.29) is 0 Å². The van der Waals surface area contributed by atoms with E-state index >= 15 is 0 Å². The van der Waals surface area contributed by atoms with Crippen LogP contribution in [0.3, 0.4) is 0 Å². The van der Waals surface area contributed by atoms with Gasteiger partial charge in [0.05, 0.1) is 0 Å². The van der Waals surface area contributed by atoms with E-state index in [0.29, 0.717) is 5.92 Å². The molecule has 4 heteroatoms. The number of rotatable bonds is 3. The van der Waals surface area contributed by atoms with Gasteiger partial charge in [-0.3, -0.25) is 9.88 Å². The van der Waals surface area contributed by atoms with Crippen LogP contribution in [-0.4, -0.2) is 23.0 Å². The summed E-state index contributed by atoms with van der Waals surface area (Å²) in [5.74, 6) is 0.612. The molecular formula is C19H19ClN2S. The number of nitrogens with zero attached hydrogens (tertiary/aromatic N) is 2. The molecule has 0 aliphatic carbocycles. The van der Waals surface area contributed by atoms with Crippen LogP contribution >= 0.6 is 22.9 Å². The SMILES string of the molecule is Clc1ccc2scc(CN3CCC(c4ccccn4)CC3)c2c1. The average molecular weight is 343 g/mol. The normalized spacial score (nSPS) is 16.9. The van der Waals surface area contributed by atoms with Crippen LogP contribution in [0, 0.1) is 0 Å². The molecule has 2 nitrogen and oxygen atoms in total. The number of pyridine rings is 1. The van der Waals surface area contributed by atoms with E-state index in [4.69, 9.17) is 11.6 Å². The standard InChI is InChI=1S/C19H19ClN2S/c20-16-4-5-19-17(11-16)15(13-23-19)12-22-9-6-14(7-10-22)18-3-1-2-8-21-18/h1-5,8,11,13-14H,6-7,9-10,12H2. The van der Waals surface area contributed by atoms with Crippen LogP contribution in [0.5, 0.6) is 0 Å². The third kappa shape index (κ3) is 3.27. The molecule has 0 saturated carbocycles. The topological polar surface area (TPSA) is 16.1 Å².